The molecule has 1 N–H and O–H groups in total. The van der Waals surface area contributed by atoms with Crippen molar-refractivity contribution in [1.82, 2.24) is 4.98 Å². The number of ether oxygens (including phenoxy) is 1. The minimum atomic E-state index is -0.508. The Morgan fingerprint density at radius 2 is 1.86 bits per heavy atom. The molecule has 0 bridgehead atoms. The third kappa shape index (κ3) is 3.82. The van der Waals surface area contributed by atoms with Gasteiger partial charge in [0.25, 0.3) is 0 Å². The molecular weight excluding hydrogens is 262 g/mol. The molecule has 1 heterocycles. The van der Waals surface area contributed by atoms with Gasteiger partial charge in [0.1, 0.15) is 11.5 Å². The molecule has 0 aliphatic carbocycles. The second-order valence-corrected chi connectivity index (χ2v) is 5.62. The summed E-state index contributed by atoms with van der Waals surface area (Å²) in [7, 11) is 0. The number of pyridine rings is 1. The number of aliphatic hydroxyl groups is 1. The van der Waals surface area contributed by atoms with Crippen molar-refractivity contribution < 1.29 is 9.84 Å². The van der Waals surface area contributed by atoms with E-state index < -0.39 is 6.10 Å². The maximum absolute atomic E-state index is 9.73. The summed E-state index contributed by atoms with van der Waals surface area (Å²) in [5.74, 6) is 2.00. The number of benzene rings is 1. The number of aryl methyl sites for hydroxylation is 1. The van der Waals surface area contributed by atoms with Gasteiger partial charge >= 0.3 is 0 Å². The van der Waals surface area contributed by atoms with E-state index in [-0.39, 0.29) is 0 Å². The van der Waals surface area contributed by atoms with Crippen LogP contribution in [0, 0.1) is 6.92 Å². The predicted octanol–water partition coefficient (Wildman–Crippen LogP) is 4.75. The van der Waals surface area contributed by atoms with Gasteiger partial charge in [0, 0.05) is 0 Å². The van der Waals surface area contributed by atoms with Crippen LogP contribution < -0.4 is 4.74 Å². The van der Waals surface area contributed by atoms with Gasteiger partial charge < -0.3 is 9.84 Å². The van der Waals surface area contributed by atoms with Crippen molar-refractivity contribution >= 4 is 0 Å². The van der Waals surface area contributed by atoms with Crippen LogP contribution in [0.1, 0.15) is 56.0 Å². The van der Waals surface area contributed by atoms with Crippen LogP contribution >= 0.6 is 0 Å². The highest BCUT2D eigenvalue weighted by Gasteiger charge is 2.08. The van der Waals surface area contributed by atoms with Crippen molar-refractivity contribution in [3.63, 3.8) is 0 Å². The Hall–Kier alpha value is -1.87. The van der Waals surface area contributed by atoms with Gasteiger partial charge in [-0.1, -0.05) is 26.8 Å². The molecule has 0 saturated heterocycles. The molecule has 0 amide bonds. The van der Waals surface area contributed by atoms with Crippen molar-refractivity contribution in [2.24, 2.45) is 0 Å². The highest BCUT2D eigenvalue weighted by Crippen LogP contribution is 2.27. The van der Waals surface area contributed by atoms with Gasteiger partial charge in [-0.25, -0.2) is 0 Å². The van der Waals surface area contributed by atoms with Gasteiger partial charge in [0.2, 0.25) is 0 Å². The zero-order valence-corrected chi connectivity index (χ0v) is 13.1. The Balaban J connectivity index is 2.13. The molecule has 1 aromatic heterocycles. The Kier molecular flexibility index (Phi) is 4.97. The summed E-state index contributed by atoms with van der Waals surface area (Å²) >= 11 is 0. The van der Waals surface area contributed by atoms with E-state index in [0.29, 0.717) is 23.8 Å². The standard InChI is InChI=1S/C18H23NO2/c1-5-18(20)17-9-7-15(11-19-17)21-14-6-8-16(12(2)3)13(4)10-14/h6-12,18,20H,5H2,1-4H3/t18-/m0/s1. The monoisotopic (exact) mass is 285 g/mol. The number of hydrogen-bond donors (Lipinski definition) is 1. The average Bonchev–Trinajstić information content (AvgIpc) is 2.47. The fraction of sp³-hybridized carbons (Fsp3) is 0.389. The molecule has 0 spiro atoms. The first-order valence-corrected chi connectivity index (χ1v) is 7.43. The van der Waals surface area contributed by atoms with Crippen LogP contribution in [-0.2, 0) is 0 Å². The van der Waals surface area contributed by atoms with Crippen molar-refractivity contribution in [2.75, 3.05) is 0 Å². The third-order valence-electron chi connectivity index (χ3n) is 3.59. The average molecular weight is 285 g/mol. The molecular formula is C18H23NO2. The predicted molar refractivity (Wildman–Crippen MR) is 84.8 cm³/mol. The largest absolute Gasteiger partial charge is 0.456 e. The summed E-state index contributed by atoms with van der Waals surface area (Å²) in [6.45, 7) is 8.39. The molecule has 1 aromatic carbocycles. The molecule has 112 valence electrons. The van der Waals surface area contributed by atoms with Crippen molar-refractivity contribution in [3.8, 4) is 11.5 Å². The molecule has 0 saturated carbocycles. The quantitative estimate of drug-likeness (QED) is 0.862. The summed E-state index contributed by atoms with van der Waals surface area (Å²) in [5, 5.41) is 9.73. The number of aliphatic hydroxyl groups excluding tert-OH is 1. The molecule has 2 aromatic rings. The fourth-order valence-corrected chi connectivity index (χ4v) is 2.35. The summed E-state index contributed by atoms with van der Waals surface area (Å²) in [6.07, 6.45) is 1.80. The molecule has 3 nitrogen and oxygen atoms in total. The second-order valence-electron chi connectivity index (χ2n) is 5.62. The molecule has 0 radical (unpaired) electrons. The normalized spacial score (nSPS) is 12.5. The lowest BCUT2D eigenvalue weighted by atomic mass is 9.98. The van der Waals surface area contributed by atoms with Crippen molar-refractivity contribution in [3.05, 3.63) is 53.3 Å². The first kappa shape index (κ1) is 15.5. The van der Waals surface area contributed by atoms with Gasteiger partial charge in [0.05, 0.1) is 18.0 Å². The molecule has 2 rings (SSSR count). The highest BCUT2D eigenvalue weighted by atomic mass is 16.5. The van der Waals surface area contributed by atoms with Crippen molar-refractivity contribution in [1.29, 1.82) is 0 Å². The van der Waals surface area contributed by atoms with Crippen LogP contribution in [0.4, 0.5) is 0 Å². The Morgan fingerprint density at radius 1 is 1.14 bits per heavy atom. The minimum Gasteiger partial charge on any atom is -0.456 e. The van der Waals surface area contributed by atoms with Crippen LogP contribution in [0.5, 0.6) is 11.5 Å². The Labute approximate surface area is 126 Å². The zero-order chi connectivity index (χ0) is 15.4. The maximum atomic E-state index is 9.73. The Bertz CT molecular complexity index is 591. The molecule has 0 unspecified atom stereocenters. The van der Waals surface area contributed by atoms with E-state index in [4.69, 9.17) is 4.74 Å². The number of hydrogen-bond acceptors (Lipinski definition) is 3. The summed E-state index contributed by atoms with van der Waals surface area (Å²) in [4.78, 5) is 4.24. The third-order valence-corrected chi connectivity index (χ3v) is 3.59. The van der Waals surface area contributed by atoms with Crippen molar-refractivity contribution in [2.45, 2.75) is 46.1 Å². The molecule has 0 aliphatic rings. The van der Waals surface area contributed by atoms with Crippen LogP contribution in [0.15, 0.2) is 36.5 Å². The van der Waals surface area contributed by atoms with E-state index in [1.54, 1.807) is 12.3 Å². The molecule has 3 heteroatoms. The van der Waals surface area contributed by atoms with Gasteiger partial charge in [-0.05, 0) is 54.7 Å². The van der Waals surface area contributed by atoms with Gasteiger partial charge in [-0.3, -0.25) is 4.98 Å². The lowest BCUT2D eigenvalue weighted by Crippen LogP contribution is -1.98. The van der Waals surface area contributed by atoms with E-state index in [1.807, 2.05) is 25.1 Å². The first-order chi connectivity index (χ1) is 10.0. The lowest BCUT2D eigenvalue weighted by molar-refractivity contribution is 0.169. The van der Waals surface area contributed by atoms with E-state index >= 15 is 0 Å². The number of rotatable bonds is 5. The molecule has 1 atom stereocenters. The summed E-state index contributed by atoms with van der Waals surface area (Å²) in [6, 6.07) is 9.78. The summed E-state index contributed by atoms with van der Waals surface area (Å²) in [5.41, 5.74) is 3.24. The topological polar surface area (TPSA) is 42.4 Å². The summed E-state index contributed by atoms with van der Waals surface area (Å²) < 4.78 is 5.82. The van der Waals surface area contributed by atoms with Crippen LogP contribution in [0.25, 0.3) is 0 Å². The Morgan fingerprint density at radius 3 is 2.38 bits per heavy atom. The molecule has 0 fully saturated rings. The van der Waals surface area contributed by atoms with Gasteiger partial charge in [-0.2, -0.15) is 0 Å². The van der Waals surface area contributed by atoms with E-state index in [9.17, 15) is 5.11 Å². The van der Waals surface area contributed by atoms with E-state index in [0.717, 1.165) is 5.75 Å². The van der Waals surface area contributed by atoms with Gasteiger partial charge in [-0.15, -0.1) is 0 Å². The first-order valence-electron chi connectivity index (χ1n) is 7.43. The van der Waals surface area contributed by atoms with Gasteiger partial charge in [0.15, 0.2) is 0 Å². The van der Waals surface area contributed by atoms with E-state index in [2.05, 4.69) is 31.8 Å². The highest BCUT2D eigenvalue weighted by molar-refractivity contribution is 5.38. The molecule has 21 heavy (non-hydrogen) atoms. The minimum absolute atomic E-state index is 0.508. The SMILES string of the molecule is CC[C@H](O)c1ccc(Oc2ccc(C(C)C)c(C)c2)cn1. The smallest absolute Gasteiger partial charge is 0.145 e. The lowest BCUT2D eigenvalue weighted by Gasteiger charge is -2.13. The number of aromatic nitrogens is 1. The number of nitrogens with zero attached hydrogens (tertiary/aromatic N) is 1. The second kappa shape index (κ2) is 6.72. The van der Waals surface area contributed by atoms with Crippen LogP contribution in [0.2, 0.25) is 0 Å². The van der Waals surface area contributed by atoms with E-state index in [1.165, 1.54) is 11.1 Å². The van der Waals surface area contributed by atoms with Crippen LogP contribution in [0.3, 0.4) is 0 Å². The fourth-order valence-electron chi connectivity index (χ4n) is 2.35. The maximum Gasteiger partial charge on any atom is 0.145 e. The zero-order valence-electron chi connectivity index (χ0n) is 13.1. The van der Waals surface area contributed by atoms with Crippen LogP contribution in [-0.4, -0.2) is 10.1 Å². The molecule has 0 aliphatic heterocycles.